The monoisotopic (exact) mass is 839 g/mol. The number of morpholine rings is 2. The third-order valence-corrected chi connectivity index (χ3v) is 10.7. The molecule has 2 aliphatic heterocycles. The first-order valence-electron chi connectivity index (χ1n) is 20.3. The van der Waals surface area contributed by atoms with Crippen molar-refractivity contribution in [2.24, 2.45) is 0 Å². The minimum Gasteiger partial charge on any atom is -0.384 e. The average molecular weight is 840 g/mol. The lowest BCUT2D eigenvalue weighted by Gasteiger charge is -2.28. The predicted octanol–water partition coefficient (Wildman–Crippen LogP) is 5.98. The first kappa shape index (κ1) is 40.2. The van der Waals surface area contributed by atoms with Gasteiger partial charge in [-0.15, -0.1) is 0 Å². The molecule has 0 atom stereocenters. The highest BCUT2D eigenvalue weighted by Crippen LogP contribution is 2.30. The number of rotatable bonds is 8. The Hall–Kier alpha value is -8.20. The Morgan fingerprint density at radius 1 is 0.603 bits per heavy atom. The molecule has 2 fully saturated rings. The van der Waals surface area contributed by atoms with Crippen LogP contribution in [-0.2, 0) is 9.47 Å². The van der Waals surface area contributed by atoms with E-state index in [1.165, 1.54) is 12.7 Å². The normalized spacial score (nSPS) is 13.8. The van der Waals surface area contributed by atoms with Gasteiger partial charge in [0, 0.05) is 66.3 Å². The number of H-pyrrole nitrogens is 2. The van der Waals surface area contributed by atoms with Crippen molar-refractivity contribution in [3.63, 3.8) is 0 Å². The van der Waals surface area contributed by atoms with Crippen LogP contribution in [0, 0.1) is 11.3 Å². The molecule has 5 aromatic heterocycles. The lowest BCUT2D eigenvalue weighted by molar-refractivity contribution is 0.122. The fraction of sp³-hybridized carbons (Fsp3) is 0.174. The van der Waals surface area contributed by atoms with E-state index < -0.39 is 0 Å². The van der Waals surface area contributed by atoms with Gasteiger partial charge in [0.1, 0.15) is 28.2 Å². The Bertz CT molecular complexity index is 3030. The summed E-state index contributed by atoms with van der Waals surface area (Å²) in [5.41, 5.74) is 13.6. The van der Waals surface area contributed by atoms with Gasteiger partial charge in [-0.1, -0.05) is 12.1 Å². The number of nitrogens with one attached hydrogen (secondary N) is 4. The number of hydrogen-bond donors (Lipinski definition) is 5. The van der Waals surface area contributed by atoms with Gasteiger partial charge in [0.15, 0.2) is 0 Å². The molecule has 7 heterocycles. The summed E-state index contributed by atoms with van der Waals surface area (Å²) in [6.07, 6.45) is 4.42. The minimum absolute atomic E-state index is 0.257. The van der Waals surface area contributed by atoms with Crippen LogP contribution in [0.15, 0.2) is 126 Å². The van der Waals surface area contributed by atoms with Crippen LogP contribution in [0.25, 0.3) is 44.3 Å². The van der Waals surface area contributed by atoms with Crippen molar-refractivity contribution in [1.82, 2.24) is 34.9 Å². The first-order chi connectivity index (χ1) is 30.9. The molecule has 63 heavy (non-hydrogen) atoms. The molecule has 314 valence electrons. The van der Waals surface area contributed by atoms with E-state index in [1.807, 2.05) is 66.7 Å². The zero-order chi connectivity index (χ0) is 43.1. The lowest BCUT2D eigenvalue weighted by atomic mass is 10.1. The predicted molar refractivity (Wildman–Crippen MR) is 244 cm³/mol. The second kappa shape index (κ2) is 18.2. The van der Waals surface area contributed by atoms with Gasteiger partial charge in [0.2, 0.25) is 0 Å². The SMILES string of the molecule is N#Cc1ccc(-c2cc3nc[nH]c(=O)c3c(Nc3ccc(N4CCOCC4)cc3)n2)cc1.Nc1ccc(-c2cc3nc[nH]c(=O)c3c(Nc3ccc(N4CCOCC4)cc3)n2)cn1. The Kier molecular flexibility index (Phi) is 11.6. The van der Waals surface area contributed by atoms with Crippen molar-refractivity contribution in [3.8, 4) is 28.6 Å². The molecule has 0 amide bonds. The molecule has 3 aromatic carbocycles. The van der Waals surface area contributed by atoms with Gasteiger partial charge in [-0.3, -0.25) is 9.59 Å². The van der Waals surface area contributed by atoms with E-state index in [9.17, 15) is 9.59 Å². The Balaban J connectivity index is 0.000000160. The van der Waals surface area contributed by atoms with Crippen molar-refractivity contribution < 1.29 is 9.47 Å². The van der Waals surface area contributed by atoms with E-state index in [4.69, 9.17) is 30.4 Å². The van der Waals surface area contributed by atoms with E-state index >= 15 is 0 Å². The molecule has 17 heteroatoms. The minimum atomic E-state index is -0.263. The van der Waals surface area contributed by atoms with Crippen molar-refractivity contribution in [3.05, 3.63) is 142 Å². The molecular weight excluding hydrogens is 799 g/mol. The highest BCUT2D eigenvalue weighted by Gasteiger charge is 2.17. The maximum absolute atomic E-state index is 12.6. The van der Waals surface area contributed by atoms with Crippen LogP contribution >= 0.6 is 0 Å². The Morgan fingerprint density at radius 2 is 1.06 bits per heavy atom. The maximum atomic E-state index is 12.6. The highest BCUT2D eigenvalue weighted by molar-refractivity contribution is 5.94. The fourth-order valence-corrected chi connectivity index (χ4v) is 7.36. The molecule has 0 saturated carbocycles. The zero-order valence-electron chi connectivity index (χ0n) is 33.9. The summed E-state index contributed by atoms with van der Waals surface area (Å²) < 4.78 is 10.8. The van der Waals surface area contributed by atoms with Crippen molar-refractivity contribution in [2.45, 2.75) is 0 Å². The van der Waals surface area contributed by atoms with Gasteiger partial charge >= 0.3 is 0 Å². The standard InChI is InChI=1S/C24H20N6O2.C22H21N7O2/c25-14-16-1-3-17(4-2-16)20-13-21-22(24(31)27-15-26-21)23(29-20)28-18-5-7-19(8-6-18)30-9-11-32-12-10-30;23-19-6-1-14(12-24-19)17-11-18-20(22(30)26-13-25-18)21(28-17)27-15-2-4-16(5-3-15)29-7-9-31-10-8-29/h1-8,13,15H,9-12H2,(H,28,29)(H,26,27,31);1-6,11-13H,7-10H2,(H2,23,24)(H,27,28)(H,25,26,30). The van der Waals surface area contributed by atoms with Crippen LogP contribution in [0.4, 0.5) is 40.2 Å². The zero-order valence-corrected chi connectivity index (χ0v) is 33.9. The summed E-state index contributed by atoms with van der Waals surface area (Å²) in [7, 11) is 0. The summed E-state index contributed by atoms with van der Waals surface area (Å²) in [4.78, 5) is 57.1. The maximum Gasteiger partial charge on any atom is 0.262 e. The number of hydrogen-bond acceptors (Lipinski definition) is 15. The third kappa shape index (κ3) is 9.12. The number of fused-ring (bicyclic) bond motifs is 2. The van der Waals surface area contributed by atoms with Crippen LogP contribution in [0.5, 0.6) is 0 Å². The number of benzene rings is 3. The van der Waals surface area contributed by atoms with Crippen LogP contribution in [0.3, 0.4) is 0 Å². The number of nitriles is 1. The van der Waals surface area contributed by atoms with Crippen LogP contribution < -0.4 is 37.3 Å². The first-order valence-corrected chi connectivity index (χ1v) is 20.3. The number of nitrogen functional groups attached to an aromatic ring is 1. The number of aromatic nitrogens is 7. The van der Waals surface area contributed by atoms with Crippen molar-refractivity contribution in [2.75, 3.05) is 78.8 Å². The quantitative estimate of drug-likeness (QED) is 0.119. The average Bonchev–Trinajstić information content (AvgIpc) is 3.33. The van der Waals surface area contributed by atoms with Gasteiger partial charge in [0.25, 0.3) is 11.1 Å². The van der Waals surface area contributed by atoms with E-state index in [2.05, 4.69) is 51.4 Å². The Morgan fingerprint density at radius 3 is 1.51 bits per heavy atom. The smallest absolute Gasteiger partial charge is 0.262 e. The van der Waals surface area contributed by atoms with Crippen LogP contribution in [0.2, 0.25) is 0 Å². The molecule has 2 saturated heterocycles. The van der Waals surface area contributed by atoms with Gasteiger partial charge < -0.3 is 45.6 Å². The molecule has 0 unspecified atom stereocenters. The fourth-order valence-electron chi connectivity index (χ4n) is 7.36. The number of anilines is 7. The molecule has 0 aliphatic carbocycles. The van der Waals surface area contributed by atoms with Gasteiger partial charge in [0.05, 0.1) is 73.1 Å². The number of ether oxygens (including phenoxy) is 2. The Labute approximate surface area is 360 Å². The van der Waals surface area contributed by atoms with Gasteiger partial charge in [-0.25, -0.2) is 24.9 Å². The largest absolute Gasteiger partial charge is 0.384 e. The van der Waals surface area contributed by atoms with Gasteiger partial charge in [-0.05, 0) is 84.9 Å². The summed E-state index contributed by atoms with van der Waals surface area (Å²) in [6.45, 7) is 6.41. The third-order valence-electron chi connectivity index (χ3n) is 10.7. The second-order valence-corrected chi connectivity index (χ2v) is 14.7. The lowest BCUT2D eigenvalue weighted by Crippen LogP contribution is -2.36. The number of nitrogens with zero attached hydrogens (tertiary/aromatic N) is 8. The molecule has 2 aliphatic rings. The number of aromatic amines is 2. The highest BCUT2D eigenvalue weighted by atomic mass is 16.5. The molecule has 10 rings (SSSR count). The summed E-state index contributed by atoms with van der Waals surface area (Å²) in [5.74, 6) is 1.28. The molecule has 0 radical (unpaired) electrons. The molecule has 6 N–H and O–H groups in total. The topological polar surface area (TPSA) is 229 Å². The van der Waals surface area contributed by atoms with Crippen LogP contribution in [0.1, 0.15) is 5.56 Å². The molecule has 0 spiro atoms. The number of pyridine rings is 3. The van der Waals surface area contributed by atoms with E-state index in [1.54, 1.807) is 36.5 Å². The summed E-state index contributed by atoms with van der Waals surface area (Å²) in [5, 5.41) is 16.4. The second-order valence-electron chi connectivity index (χ2n) is 14.7. The molecule has 0 bridgehead atoms. The van der Waals surface area contributed by atoms with Crippen molar-refractivity contribution in [1.29, 1.82) is 5.26 Å². The van der Waals surface area contributed by atoms with Gasteiger partial charge in [-0.2, -0.15) is 5.26 Å². The van der Waals surface area contributed by atoms with Crippen molar-refractivity contribution >= 4 is 62.0 Å². The molecule has 17 nitrogen and oxygen atoms in total. The van der Waals surface area contributed by atoms with Crippen LogP contribution in [-0.4, -0.2) is 87.5 Å². The molecular formula is C46H41N13O4. The number of nitrogens with two attached hydrogens (primary N) is 1. The summed E-state index contributed by atoms with van der Waals surface area (Å²) in [6, 6.07) is 32.4. The van der Waals surface area contributed by atoms with E-state index in [0.717, 1.165) is 86.5 Å². The van der Waals surface area contributed by atoms with E-state index in [0.29, 0.717) is 56.2 Å². The van der Waals surface area contributed by atoms with E-state index in [-0.39, 0.29) is 11.1 Å². The molecule has 8 aromatic rings. The summed E-state index contributed by atoms with van der Waals surface area (Å²) >= 11 is 0.